The van der Waals surface area contributed by atoms with Gasteiger partial charge in [-0.3, -0.25) is 15.0 Å². The zero-order valence-corrected chi connectivity index (χ0v) is 10.2. The summed E-state index contributed by atoms with van der Waals surface area (Å²) in [5.41, 5.74) is 3.21. The first-order chi connectivity index (χ1) is 7.29. The lowest BCUT2D eigenvalue weighted by Crippen LogP contribution is -2.43. The summed E-state index contributed by atoms with van der Waals surface area (Å²) in [6.45, 7) is 7.96. The molecule has 0 bridgehead atoms. The molecule has 0 fully saturated rings. The van der Waals surface area contributed by atoms with E-state index in [1.807, 2.05) is 11.1 Å². The van der Waals surface area contributed by atoms with Crippen LogP contribution in [0.5, 0.6) is 0 Å². The average molecular weight is 210 g/mol. The average Bonchev–Trinajstić information content (AvgIpc) is 2.27. The standard InChI is InChI=1S/C11H22N4/c1-5-8-9-13-10-11(12-4)15(7-3)14-6-2/h8-10,14H,5-7H2,1-4H3/b9-8+,12-11+,13-10-. The highest BCUT2D eigenvalue weighted by molar-refractivity contribution is 6.29. The molecule has 0 unspecified atom stereocenters. The van der Waals surface area contributed by atoms with Crippen LogP contribution in [0.15, 0.2) is 22.3 Å². The van der Waals surface area contributed by atoms with E-state index >= 15 is 0 Å². The third-order valence-corrected chi connectivity index (χ3v) is 1.79. The van der Waals surface area contributed by atoms with E-state index in [4.69, 9.17) is 0 Å². The molecule has 0 aliphatic heterocycles. The van der Waals surface area contributed by atoms with Crippen LogP contribution in [0.4, 0.5) is 0 Å². The van der Waals surface area contributed by atoms with Crippen LogP contribution < -0.4 is 5.43 Å². The molecule has 15 heavy (non-hydrogen) atoms. The van der Waals surface area contributed by atoms with E-state index in [0.29, 0.717) is 0 Å². The lowest BCUT2D eigenvalue weighted by atomic mass is 10.5. The van der Waals surface area contributed by atoms with E-state index in [9.17, 15) is 0 Å². The summed E-state index contributed by atoms with van der Waals surface area (Å²) in [4.78, 5) is 8.34. The highest BCUT2D eigenvalue weighted by Gasteiger charge is 2.03. The smallest absolute Gasteiger partial charge is 0.156 e. The first kappa shape index (κ1) is 13.8. The maximum absolute atomic E-state index is 4.17. The minimum absolute atomic E-state index is 0.847. The number of allylic oxidation sites excluding steroid dienone is 1. The Morgan fingerprint density at radius 2 is 2.07 bits per heavy atom. The Balaban J connectivity index is 4.34. The van der Waals surface area contributed by atoms with Gasteiger partial charge in [0.05, 0.1) is 6.21 Å². The maximum Gasteiger partial charge on any atom is 0.156 e. The fourth-order valence-corrected chi connectivity index (χ4v) is 1.07. The lowest BCUT2D eigenvalue weighted by molar-refractivity contribution is 0.335. The molecular formula is C11H22N4. The largest absolute Gasteiger partial charge is 0.292 e. The van der Waals surface area contributed by atoms with E-state index in [0.717, 1.165) is 25.3 Å². The molecule has 0 aliphatic carbocycles. The van der Waals surface area contributed by atoms with Crippen molar-refractivity contribution in [3.05, 3.63) is 12.3 Å². The van der Waals surface area contributed by atoms with Crippen LogP contribution in [0.2, 0.25) is 0 Å². The first-order valence-electron chi connectivity index (χ1n) is 5.46. The van der Waals surface area contributed by atoms with Crippen molar-refractivity contribution in [1.82, 2.24) is 10.4 Å². The summed E-state index contributed by atoms with van der Waals surface area (Å²) in [6, 6.07) is 0. The normalized spacial score (nSPS) is 12.9. The molecule has 0 heterocycles. The Hall–Kier alpha value is -1.16. The van der Waals surface area contributed by atoms with Crippen LogP contribution in [0.3, 0.4) is 0 Å². The van der Waals surface area contributed by atoms with E-state index in [1.54, 1.807) is 19.5 Å². The number of aliphatic imine (C=N–C) groups is 2. The van der Waals surface area contributed by atoms with Gasteiger partial charge in [-0.2, -0.15) is 0 Å². The van der Waals surface area contributed by atoms with Gasteiger partial charge >= 0.3 is 0 Å². The topological polar surface area (TPSA) is 40.0 Å². The van der Waals surface area contributed by atoms with Gasteiger partial charge in [0, 0.05) is 26.3 Å². The van der Waals surface area contributed by atoms with Crippen molar-refractivity contribution in [2.45, 2.75) is 27.2 Å². The molecule has 0 rings (SSSR count). The first-order valence-corrected chi connectivity index (χ1v) is 5.46. The molecule has 0 aromatic carbocycles. The van der Waals surface area contributed by atoms with Crippen molar-refractivity contribution < 1.29 is 0 Å². The van der Waals surface area contributed by atoms with Crippen molar-refractivity contribution in [2.24, 2.45) is 9.98 Å². The van der Waals surface area contributed by atoms with Gasteiger partial charge in [-0.1, -0.05) is 19.9 Å². The minimum Gasteiger partial charge on any atom is -0.292 e. The van der Waals surface area contributed by atoms with Gasteiger partial charge in [0.25, 0.3) is 0 Å². The predicted molar refractivity (Wildman–Crippen MR) is 67.3 cm³/mol. The highest BCUT2D eigenvalue weighted by atomic mass is 15.5. The summed E-state index contributed by atoms with van der Waals surface area (Å²) < 4.78 is 0. The number of amidine groups is 1. The van der Waals surface area contributed by atoms with Gasteiger partial charge in [0.1, 0.15) is 0 Å². The molecule has 0 aromatic rings. The van der Waals surface area contributed by atoms with Crippen molar-refractivity contribution in [2.75, 3.05) is 20.1 Å². The molecule has 0 radical (unpaired) electrons. The Bertz CT molecular complexity index is 231. The summed E-state index contributed by atoms with van der Waals surface area (Å²) in [6.07, 6.45) is 6.57. The highest BCUT2D eigenvalue weighted by Crippen LogP contribution is 1.87. The lowest BCUT2D eigenvalue weighted by Gasteiger charge is -2.21. The van der Waals surface area contributed by atoms with Crippen LogP contribution in [0.25, 0.3) is 0 Å². The van der Waals surface area contributed by atoms with Gasteiger partial charge in [-0.05, 0) is 13.3 Å². The number of nitrogens with zero attached hydrogens (tertiary/aromatic N) is 3. The Morgan fingerprint density at radius 1 is 1.33 bits per heavy atom. The quantitative estimate of drug-likeness (QED) is 0.413. The Labute approximate surface area is 92.8 Å². The van der Waals surface area contributed by atoms with Crippen molar-refractivity contribution in [3.8, 4) is 0 Å². The molecule has 0 aliphatic rings. The molecule has 86 valence electrons. The van der Waals surface area contributed by atoms with Crippen molar-refractivity contribution in [3.63, 3.8) is 0 Å². The molecule has 0 saturated carbocycles. The monoisotopic (exact) mass is 210 g/mol. The fourth-order valence-electron chi connectivity index (χ4n) is 1.07. The van der Waals surface area contributed by atoms with Crippen LogP contribution in [-0.2, 0) is 0 Å². The van der Waals surface area contributed by atoms with Crippen LogP contribution in [0.1, 0.15) is 27.2 Å². The van der Waals surface area contributed by atoms with E-state index in [1.165, 1.54) is 0 Å². The fraction of sp³-hybridized carbons (Fsp3) is 0.636. The number of hydrazine groups is 1. The number of rotatable bonds is 6. The number of hydrogen-bond acceptors (Lipinski definition) is 3. The summed E-state index contributed by atoms with van der Waals surface area (Å²) in [7, 11) is 1.77. The minimum atomic E-state index is 0.847. The zero-order chi connectivity index (χ0) is 11.5. The number of hydrogen-bond donors (Lipinski definition) is 1. The molecule has 0 amide bonds. The third kappa shape index (κ3) is 6.01. The molecule has 0 spiro atoms. The number of nitrogens with one attached hydrogen (secondary N) is 1. The zero-order valence-electron chi connectivity index (χ0n) is 10.2. The van der Waals surface area contributed by atoms with Gasteiger partial charge in [0.2, 0.25) is 0 Å². The Morgan fingerprint density at radius 3 is 2.53 bits per heavy atom. The summed E-state index contributed by atoms with van der Waals surface area (Å²) >= 11 is 0. The van der Waals surface area contributed by atoms with E-state index in [-0.39, 0.29) is 0 Å². The maximum atomic E-state index is 4.17. The molecule has 0 saturated heterocycles. The summed E-state index contributed by atoms with van der Waals surface area (Å²) in [5, 5.41) is 1.98. The van der Waals surface area contributed by atoms with Crippen LogP contribution in [0, 0.1) is 0 Å². The third-order valence-electron chi connectivity index (χ3n) is 1.79. The van der Waals surface area contributed by atoms with Crippen molar-refractivity contribution >= 4 is 12.1 Å². The van der Waals surface area contributed by atoms with E-state index in [2.05, 4.69) is 36.2 Å². The second kappa shape index (κ2) is 9.40. The van der Waals surface area contributed by atoms with Crippen molar-refractivity contribution in [1.29, 1.82) is 0 Å². The molecular weight excluding hydrogens is 188 g/mol. The molecule has 0 atom stereocenters. The van der Waals surface area contributed by atoms with Crippen LogP contribution in [-0.4, -0.2) is 37.2 Å². The molecule has 0 aromatic heterocycles. The molecule has 1 N–H and O–H groups in total. The second-order valence-electron chi connectivity index (χ2n) is 2.91. The van der Waals surface area contributed by atoms with Gasteiger partial charge < -0.3 is 0 Å². The van der Waals surface area contributed by atoms with E-state index < -0.39 is 0 Å². The SMILES string of the molecule is CC/C=C/N=C\C(=N/C)N(CC)NCC. The second-order valence-corrected chi connectivity index (χ2v) is 2.91. The van der Waals surface area contributed by atoms with Crippen LogP contribution >= 0.6 is 0 Å². The molecule has 4 heteroatoms. The predicted octanol–water partition coefficient (Wildman–Crippen LogP) is 1.86. The van der Waals surface area contributed by atoms with Gasteiger partial charge in [-0.25, -0.2) is 5.43 Å². The Kier molecular flexibility index (Phi) is 8.67. The summed E-state index contributed by atoms with van der Waals surface area (Å²) in [5.74, 6) is 0.847. The van der Waals surface area contributed by atoms with Gasteiger partial charge in [-0.15, -0.1) is 0 Å². The molecule has 4 nitrogen and oxygen atoms in total. The van der Waals surface area contributed by atoms with Gasteiger partial charge in [0.15, 0.2) is 5.84 Å².